The van der Waals surface area contributed by atoms with Crippen LogP contribution in [0, 0.1) is 23.7 Å². The lowest BCUT2D eigenvalue weighted by atomic mass is 10.1. The molecule has 0 heteroatoms. The van der Waals surface area contributed by atoms with E-state index in [1.807, 2.05) is 24.3 Å². The predicted octanol–water partition coefficient (Wildman–Crippen LogP) is 7.56. The molecule has 0 bridgehead atoms. The highest BCUT2D eigenvalue weighted by Gasteiger charge is 1.95. The molecule has 0 aliphatic carbocycles. The monoisotopic (exact) mass is 404 g/mol. The summed E-state index contributed by atoms with van der Waals surface area (Å²) in [5, 5.41) is 0. The molecule has 0 heterocycles. The first-order valence-electron chi connectivity index (χ1n) is 11.6. The first-order chi connectivity index (χ1) is 15.3. The lowest BCUT2D eigenvalue weighted by Crippen LogP contribution is -1.85. The first kappa shape index (κ1) is 22.5. The van der Waals surface area contributed by atoms with E-state index in [-0.39, 0.29) is 0 Å². The van der Waals surface area contributed by atoms with Gasteiger partial charge in [0, 0.05) is 22.3 Å². The van der Waals surface area contributed by atoms with Gasteiger partial charge in [0.2, 0.25) is 0 Å². The third-order valence-corrected chi connectivity index (χ3v) is 5.38. The number of hydrogen-bond donors (Lipinski definition) is 0. The molecule has 0 saturated carbocycles. The summed E-state index contributed by atoms with van der Waals surface area (Å²) in [6.07, 6.45) is 8.61. The van der Waals surface area contributed by atoms with Gasteiger partial charge in [-0.2, -0.15) is 0 Å². The van der Waals surface area contributed by atoms with Gasteiger partial charge in [-0.1, -0.05) is 81.1 Å². The van der Waals surface area contributed by atoms with Crippen molar-refractivity contribution in [1.29, 1.82) is 0 Å². The van der Waals surface area contributed by atoms with E-state index < -0.39 is 0 Å². The van der Waals surface area contributed by atoms with Crippen molar-refractivity contribution in [2.75, 3.05) is 0 Å². The van der Waals surface area contributed by atoms with Crippen LogP contribution in [0.2, 0.25) is 0 Å². The normalized spacial score (nSPS) is 10.0. The van der Waals surface area contributed by atoms with Crippen LogP contribution in [0.15, 0.2) is 72.8 Å². The summed E-state index contributed by atoms with van der Waals surface area (Å²) in [6, 6.07) is 25.5. The molecule has 3 rings (SSSR count). The molecule has 0 saturated heterocycles. The van der Waals surface area contributed by atoms with Crippen molar-refractivity contribution in [3.8, 4) is 23.7 Å². The molecular weight excluding hydrogens is 372 g/mol. The number of benzene rings is 3. The zero-order valence-corrected chi connectivity index (χ0v) is 18.9. The maximum Gasteiger partial charge on any atom is 0.0249 e. The highest BCUT2D eigenvalue weighted by molar-refractivity contribution is 5.48. The summed E-state index contributed by atoms with van der Waals surface area (Å²) in [5.74, 6) is 13.0. The van der Waals surface area contributed by atoms with E-state index in [9.17, 15) is 0 Å². The van der Waals surface area contributed by atoms with Crippen LogP contribution in [0.25, 0.3) is 0 Å². The molecule has 3 aromatic carbocycles. The summed E-state index contributed by atoms with van der Waals surface area (Å²) in [5.41, 5.74) is 6.93. The molecule has 0 aliphatic heterocycles. The van der Waals surface area contributed by atoms with E-state index >= 15 is 0 Å². The molecule has 31 heavy (non-hydrogen) atoms. The third-order valence-electron chi connectivity index (χ3n) is 5.38. The number of unbranched alkanes of at least 4 members (excludes halogenated alkanes) is 3. The van der Waals surface area contributed by atoms with Gasteiger partial charge in [0.25, 0.3) is 0 Å². The van der Waals surface area contributed by atoms with Crippen molar-refractivity contribution in [3.05, 3.63) is 106 Å². The van der Waals surface area contributed by atoms with E-state index in [2.05, 4.69) is 86.1 Å². The standard InChI is InChI=1S/C31H32/c1-3-5-7-9-27-12-16-29(17-13-27)19-21-31-24-22-30(23-25-31)20-18-28-14-10-26(11-15-28)8-6-4-2/h10-17,22-25H,3-9H2,1-2H3. The van der Waals surface area contributed by atoms with Crippen molar-refractivity contribution >= 4 is 0 Å². The molecule has 0 fully saturated rings. The number of hydrogen-bond acceptors (Lipinski definition) is 0. The minimum Gasteiger partial charge on any atom is -0.0654 e. The van der Waals surface area contributed by atoms with Crippen molar-refractivity contribution < 1.29 is 0 Å². The van der Waals surface area contributed by atoms with Crippen molar-refractivity contribution in [1.82, 2.24) is 0 Å². The zero-order chi connectivity index (χ0) is 21.7. The fraction of sp³-hybridized carbons (Fsp3) is 0.290. The summed E-state index contributed by atoms with van der Waals surface area (Å²) in [7, 11) is 0. The van der Waals surface area contributed by atoms with Gasteiger partial charge < -0.3 is 0 Å². The molecule has 0 unspecified atom stereocenters. The first-order valence-corrected chi connectivity index (χ1v) is 11.6. The Morgan fingerprint density at radius 3 is 1.10 bits per heavy atom. The van der Waals surface area contributed by atoms with Gasteiger partial charge in [-0.15, -0.1) is 0 Å². The Hall–Kier alpha value is -3.22. The van der Waals surface area contributed by atoms with Crippen molar-refractivity contribution in [2.45, 2.75) is 58.8 Å². The molecule has 0 amide bonds. The fourth-order valence-corrected chi connectivity index (χ4v) is 3.40. The van der Waals surface area contributed by atoms with Gasteiger partial charge in [0.15, 0.2) is 0 Å². The molecule has 3 aromatic rings. The molecule has 0 spiro atoms. The Labute approximate surface area is 188 Å². The second kappa shape index (κ2) is 12.5. The smallest absolute Gasteiger partial charge is 0.0249 e. The molecule has 0 aliphatic rings. The average molecular weight is 405 g/mol. The van der Waals surface area contributed by atoms with Crippen molar-refractivity contribution in [3.63, 3.8) is 0 Å². The van der Waals surface area contributed by atoms with Crippen LogP contribution >= 0.6 is 0 Å². The Morgan fingerprint density at radius 2 is 0.742 bits per heavy atom. The van der Waals surface area contributed by atoms with Gasteiger partial charge >= 0.3 is 0 Å². The van der Waals surface area contributed by atoms with Crippen LogP contribution in [-0.2, 0) is 12.8 Å². The Bertz CT molecular complexity index is 1040. The van der Waals surface area contributed by atoms with Crippen LogP contribution < -0.4 is 0 Å². The zero-order valence-electron chi connectivity index (χ0n) is 18.9. The highest BCUT2D eigenvalue weighted by Crippen LogP contribution is 2.10. The third kappa shape index (κ3) is 7.85. The topological polar surface area (TPSA) is 0 Å². The van der Waals surface area contributed by atoms with E-state index in [1.54, 1.807) is 0 Å². The molecule has 0 atom stereocenters. The second-order valence-corrected chi connectivity index (χ2v) is 8.03. The Morgan fingerprint density at radius 1 is 0.419 bits per heavy atom. The van der Waals surface area contributed by atoms with Crippen LogP contribution in [0.5, 0.6) is 0 Å². The lowest BCUT2D eigenvalue weighted by molar-refractivity contribution is 0.717. The van der Waals surface area contributed by atoms with Crippen LogP contribution in [0.4, 0.5) is 0 Å². The predicted molar refractivity (Wildman–Crippen MR) is 133 cm³/mol. The van der Waals surface area contributed by atoms with E-state index in [4.69, 9.17) is 0 Å². The molecule has 0 aromatic heterocycles. The Kier molecular flexibility index (Phi) is 9.04. The largest absolute Gasteiger partial charge is 0.0654 e. The Balaban J connectivity index is 1.57. The van der Waals surface area contributed by atoms with Crippen LogP contribution in [-0.4, -0.2) is 0 Å². The summed E-state index contributed by atoms with van der Waals surface area (Å²) < 4.78 is 0. The lowest BCUT2D eigenvalue weighted by Gasteiger charge is -2.00. The average Bonchev–Trinajstić information content (AvgIpc) is 2.82. The van der Waals surface area contributed by atoms with Crippen LogP contribution in [0.3, 0.4) is 0 Å². The van der Waals surface area contributed by atoms with Gasteiger partial charge in [0.05, 0.1) is 0 Å². The van der Waals surface area contributed by atoms with Gasteiger partial charge in [-0.3, -0.25) is 0 Å². The second-order valence-electron chi connectivity index (χ2n) is 8.03. The number of aryl methyl sites for hydroxylation is 2. The van der Waals surface area contributed by atoms with E-state index in [0.29, 0.717) is 0 Å². The maximum atomic E-state index is 3.27. The van der Waals surface area contributed by atoms with Crippen molar-refractivity contribution in [2.24, 2.45) is 0 Å². The molecule has 0 radical (unpaired) electrons. The highest BCUT2D eigenvalue weighted by atomic mass is 14.0. The number of rotatable bonds is 7. The fourth-order valence-electron chi connectivity index (χ4n) is 3.40. The van der Waals surface area contributed by atoms with E-state index in [0.717, 1.165) is 35.1 Å². The van der Waals surface area contributed by atoms with Gasteiger partial charge in [-0.05, 0) is 85.3 Å². The quantitative estimate of drug-likeness (QED) is 0.281. The minimum atomic E-state index is 1.01. The van der Waals surface area contributed by atoms with Gasteiger partial charge in [0.1, 0.15) is 0 Å². The maximum absolute atomic E-state index is 3.27. The summed E-state index contributed by atoms with van der Waals surface area (Å²) in [4.78, 5) is 0. The molecule has 0 nitrogen and oxygen atoms in total. The minimum absolute atomic E-state index is 1.01. The summed E-state index contributed by atoms with van der Waals surface area (Å²) in [6.45, 7) is 4.47. The SMILES string of the molecule is CCCCCc1ccc(C#Cc2ccc(C#Cc3ccc(CCCC)cc3)cc2)cc1. The molecule has 156 valence electrons. The van der Waals surface area contributed by atoms with Gasteiger partial charge in [-0.25, -0.2) is 0 Å². The molecular formula is C31H32. The van der Waals surface area contributed by atoms with E-state index in [1.165, 1.54) is 43.2 Å². The molecule has 0 N–H and O–H groups in total. The van der Waals surface area contributed by atoms with Crippen LogP contribution in [0.1, 0.15) is 79.3 Å². The summed E-state index contributed by atoms with van der Waals surface area (Å²) >= 11 is 0.